The van der Waals surface area contributed by atoms with Crippen molar-refractivity contribution in [1.29, 1.82) is 0 Å². The summed E-state index contributed by atoms with van der Waals surface area (Å²) in [5.74, 6) is 0.825. The Kier molecular flexibility index (Phi) is 5.81. The van der Waals surface area contributed by atoms with E-state index in [-0.39, 0.29) is 6.10 Å². The summed E-state index contributed by atoms with van der Waals surface area (Å²) in [6, 6.07) is 11.7. The molecule has 3 rings (SSSR count). The molecule has 1 aliphatic heterocycles. The maximum Gasteiger partial charge on any atom is 0.166 e. The zero-order valence-corrected chi connectivity index (χ0v) is 14.7. The van der Waals surface area contributed by atoms with Gasteiger partial charge in [0.15, 0.2) is 5.11 Å². The van der Waals surface area contributed by atoms with Crippen LogP contribution < -0.4 is 20.9 Å². The first-order valence-corrected chi connectivity index (χ1v) is 8.34. The monoisotopic (exact) mass is 356 g/mol. The van der Waals surface area contributed by atoms with Gasteiger partial charge in [-0.1, -0.05) is 6.07 Å². The molecular weight excluding hydrogens is 336 g/mol. The predicted molar refractivity (Wildman–Crippen MR) is 101 cm³/mol. The largest absolute Gasteiger partial charge is 0.497 e. The SMILES string of the molecule is COc1ccc(C2=C[C@H](CNC(=S)NCc3cccnc3)ON2)cc1. The van der Waals surface area contributed by atoms with Gasteiger partial charge >= 0.3 is 0 Å². The van der Waals surface area contributed by atoms with Crippen molar-refractivity contribution in [3.63, 3.8) is 0 Å². The van der Waals surface area contributed by atoms with Gasteiger partial charge in [-0.2, -0.15) is 0 Å². The van der Waals surface area contributed by atoms with Crippen LogP contribution in [-0.2, 0) is 11.4 Å². The zero-order valence-electron chi connectivity index (χ0n) is 13.9. The van der Waals surface area contributed by atoms with Gasteiger partial charge in [-0.05, 0) is 59.8 Å². The lowest BCUT2D eigenvalue weighted by molar-refractivity contribution is 0.0542. The first-order valence-electron chi connectivity index (χ1n) is 7.93. The maximum absolute atomic E-state index is 5.56. The number of thiocarbonyl (C=S) groups is 1. The third-order valence-electron chi connectivity index (χ3n) is 3.71. The molecule has 6 nitrogen and oxygen atoms in total. The molecule has 0 spiro atoms. The summed E-state index contributed by atoms with van der Waals surface area (Å²) < 4.78 is 5.17. The van der Waals surface area contributed by atoms with E-state index in [1.807, 2.05) is 48.7 Å². The van der Waals surface area contributed by atoms with Crippen LogP contribution in [0.4, 0.5) is 0 Å². The first-order chi connectivity index (χ1) is 12.2. The van der Waals surface area contributed by atoms with Crippen molar-refractivity contribution in [2.75, 3.05) is 13.7 Å². The normalized spacial score (nSPS) is 15.9. The number of hydrogen-bond donors (Lipinski definition) is 3. The van der Waals surface area contributed by atoms with Crippen LogP contribution in [0.3, 0.4) is 0 Å². The Balaban J connectivity index is 1.45. The second kappa shape index (κ2) is 8.46. The van der Waals surface area contributed by atoms with E-state index in [1.54, 1.807) is 13.3 Å². The average Bonchev–Trinajstić information content (AvgIpc) is 3.14. The highest BCUT2D eigenvalue weighted by molar-refractivity contribution is 7.80. The van der Waals surface area contributed by atoms with Gasteiger partial charge in [0.05, 0.1) is 12.8 Å². The Morgan fingerprint density at radius 2 is 2.12 bits per heavy atom. The van der Waals surface area contributed by atoms with E-state index in [9.17, 15) is 0 Å². The second-order valence-corrected chi connectivity index (χ2v) is 5.90. The molecule has 0 radical (unpaired) electrons. The Labute approximate surface area is 152 Å². The van der Waals surface area contributed by atoms with E-state index in [0.29, 0.717) is 18.2 Å². The van der Waals surface area contributed by atoms with Crippen molar-refractivity contribution in [2.24, 2.45) is 0 Å². The van der Waals surface area contributed by atoms with Gasteiger partial charge in [-0.25, -0.2) is 0 Å². The van der Waals surface area contributed by atoms with Crippen molar-refractivity contribution in [3.05, 3.63) is 66.0 Å². The lowest BCUT2D eigenvalue weighted by atomic mass is 10.1. The Hall–Kier alpha value is -2.64. The summed E-state index contributed by atoms with van der Waals surface area (Å²) in [7, 11) is 1.65. The summed E-state index contributed by atoms with van der Waals surface area (Å²) in [5, 5.41) is 6.89. The fourth-order valence-electron chi connectivity index (χ4n) is 2.36. The molecule has 1 aliphatic rings. The fraction of sp³-hybridized carbons (Fsp3) is 0.222. The van der Waals surface area contributed by atoms with Crippen molar-refractivity contribution in [1.82, 2.24) is 21.1 Å². The molecule has 0 bridgehead atoms. The maximum atomic E-state index is 5.56. The Morgan fingerprint density at radius 1 is 1.28 bits per heavy atom. The average molecular weight is 356 g/mol. The number of methoxy groups -OCH3 is 1. The van der Waals surface area contributed by atoms with Gasteiger partial charge in [0, 0.05) is 25.5 Å². The Bertz CT molecular complexity index is 735. The van der Waals surface area contributed by atoms with Crippen LogP contribution in [-0.4, -0.2) is 29.9 Å². The zero-order chi connectivity index (χ0) is 17.5. The van der Waals surface area contributed by atoms with Crippen LogP contribution in [0.15, 0.2) is 54.9 Å². The molecule has 2 aromatic rings. The number of nitrogens with one attached hydrogen (secondary N) is 3. The van der Waals surface area contributed by atoms with Crippen molar-refractivity contribution < 1.29 is 9.57 Å². The molecule has 0 amide bonds. The van der Waals surface area contributed by atoms with Gasteiger partial charge in [-0.3, -0.25) is 15.3 Å². The minimum absolute atomic E-state index is 0.102. The third-order valence-corrected chi connectivity index (χ3v) is 4.00. The number of hydrogen-bond acceptors (Lipinski definition) is 5. The summed E-state index contributed by atoms with van der Waals surface area (Å²) in [6.07, 6.45) is 5.48. The first kappa shape index (κ1) is 17.2. The third kappa shape index (κ3) is 4.91. The van der Waals surface area contributed by atoms with Gasteiger partial charge in [-0.15, -0.1) is 0 Å². The molecule has 130 valence electrons. The van der Waals surface area contributed by atoms with Gasteiger partial charge < -0.3 is 15.4 Å². The number of ether oxygens (including phenoxy) is 1. The van der Waals surface area contributed by atoms with E-state index >= 15 is 0 Å². The van der Waals surface area contributed by atoms with Gasteiger partial charge in [0.25, 0.3) is 0 Å². The molecule has 7 heteroatoms. The van der Waals surface area contributed by atoms with Crippen LogP contribution >= 0.6 is 12.2 Å². The van der Waals surface area contributed by atoms with Crippen molar-refractivity contribution >= 4 is 23.0 Å². The number of nitrogens with zero attached hydrogens (tertiary/aromatic N) is 1. The topological polar surface area (TPSA) is 67.4 Å². The minimum atomic E-state index is -0.102. The van der Waals surface area contributed by atoms with E-state index in [2.05, 4.69) is 21.1 Å². The molecule has 0 saturated carbocycles. The number of hydroxylamine groups is 1. The number of aromatic nitrogens is 1. The molecule has 0 aliphatic carbocycles. The molecule has 3 N–H and O–H groups in total. The molecule has 0 saturated heterocycles. The molecule has 1 aromatic heterocycles. The highest BCUT2D eigenvalue weighted by atomic mass is 32.1. The number of pyridine rings is 1. The summed E-state index contributed by atoms with van der Waals surface area (Å²) in [6.45, 7) is 1.21. The number of rotatable bonds is 6. The van der Waals surface area contributed by atoms with Gasteiger partial charge in [0.1, 0.15) is 11.9 Å². The molecule has 1 atom stereocenters. The molecule has 25 heavy (non-hydrogen) atoms. The van der Waals surface area contributed by atoms with Crippen LogP contribution in [0.5, 0.6) is 5.75 Å². The van der Waals surface area contributed by atoms with E-state index in [0.717, 1.165) is 22.6 Å². The highest BCUT2D eigenvalue weighted by Gasteiger charge is 2.17. The molecular formula is C18H20N4O2S. The van der Waals surface area contributed by atoms with Crippen LogP contribution in [0.2, 0.25) is 0 Å². The summed E-state index contributed by atoms with van der Waals surface area (Å²) in [4.78, 5) is 9.63. The van der Waals surface area contributed by atoms with Crippen molar-refractivity contribution in [2.45, 2.75) is 12.6 Å². The van der Waals surface area contributed by atoms with Crippen molar-refractivity contribution in [3.8, 4) is 5.75 Å². The fourth-order valence-corrected chi connectivity index (χ4v) is 2.52. The summed E-state index contributed by atoms with van der Waals surface area (Å²) >= 11 is 5.29. The standard InChI is InChI=1S/C18H20N4O2S/c1-23-15-6-4-14(5-7-15)17-9-16(24-22-17)12-21-18(25)20-11-13-3-2-8-19-10-13/h2-10,16,22H,11-12H2,1H3,(H2,20,21,25)/t16-/m1/s1. The smallest absolute Gasteiger partial charge is 0.166 e. The van der Waals surface area contributed by atoms with E-state index in [4.69, 9.17) is 21.8 Å². The number of benzene rings is 1. The quantitative estimate of drug-likeness (QED) is 0.684. The van der Waals surface area contributed by atoms with E-state index in [1.165, 1.54) is 0 Å². The molecule has 1 aromatic carbocycles. The lowest BCUT2D eigenvalue weighted by Gasteiger charge is -2.12. The van der Waals surface area contributed by atoms with Gasteiger partial charge in [0.2, 0.25) is 0 Å². The predicted octanol–water partition coefficient (Wildman–Crippen LogP) is 2.00. The highest BCUT2D eigenvalue weighted by Crippen LogP contribution is 2.20. The second-order valence-electron chi connectivity index (χ2n) is 5.49. The molecule has 0 fully saturated rings. The lowest BCUT2D eigenvalue weighted by Crippen LogP contribution is -2.39. The minimum Gasteiger partial charge on any atom is -0.497 e. The van der Waals surface area contributed by atoms with E-state index < -0.39 is 0 Å². The Morgan fingerprint density at radius 3 is 2.84 bits per heavy atom. The molecule has 0 unspecified atom stereocenters. The van der Waals surface area contributed by atoms with Crippen LogP contribution in [0, 0.1) is 0 Å². The van der Waals surface area contributed by atoms with Crippen LogP contribution in [0.1, 0.15) is 11.1 Å². The summed E-state index contributed by atoms with van der Waals surface area (Å²) in [5.41, 5.74) is 6.00. The molecule has 2 heterocycles. The van der Waals surface area contributed by atoms with Crippen LogP contribution in [0.25, 0.3) is 5.70 Å².